The van der Waals surface area contributed by atoms with Gasteiger partial charge in [-0.15, -0.1) is 0 Å². The van der Waals surface area contributed by atoms with Crippen LogP contribution >= 0.6 is 22.6 Å². The van der Waals surface area contributed by atoms with Gasteiger partial charge >= 0.3 is 0 Å². The molecule has 4 nitrogen and oxygen atoms in total. The van der Waals surface area contributed by atoms with Gasteiger partial charge in [-0.3, -0.25) is 9.98 Å². The summed E-state index contributed by atoms with van der Waals surface area (Å²) in [6.07, 6.45) is 1.87. The van der Waals surface area contributed by atoms with E-state index in [1.54, 1.807) is 0 Å². The molecule has 0 radical (unpaired) electrons. The smallest absolute Gasteiger partial charge is 0.141 e. The molecule has 0 spiro atoms. The van der Waals surface area contributed by atoms with Crippen molar-refractivity contribution in [1.29, 1.82) is 0 Å². The normalized spacial score (nSPS) is 13.7. The zero-order valence-corrected chi connectivity index (χ0v) is 11.6. The number of aryl methyl sites for hydroxylation is 2. The molecule has 0 atom stereocenters. The highest BCUT2D eigenvalue weighted by Crippen LogP contribution is 2.30. The maximum Gasteiger partial charge on any atom is 0.141 e. The Kier molecular flexibility index (Phi) is 2.50. The second-order valence-electron chi connectivity index (χ2n) is 4.04. The number of halogens is 1. The molecule has 5 heteroatoms. The highest BCUT2D eigenvalue weighted by Gasteiger charge is 2.18. The fraction of sp³-hybridized carbons (Fsp3) is 0.250. The number of fused-ring (bicyclic) bond motifs is 1. The van der Waals surface area contributed by atoms with E-state index in [2.05, 4.69) is 43.8 Å². The molecule has 0 bridgehead atoms. The number of pyridine rings is 1. The molecule has 0 unspecified atom stereocenters. The Morgan fingerprint density at radius 1 is 1.35 bits per heavy atom. The summed E-state index contributed by atoms with van der Waals surface area (Å²) >= 11 is 2.22. The maximum absolute atomic E-state index is 5.18. The van der Waals surface area contributed by atoms with Gasteiger partial charge in [-0.05, 0) is 42.5 Å². The third-order valence-corrected chi connectivity index (χ3v) is 3.72. The van der Waals surface area contributed by atoms with Crippen LogP contribution < -0.4 is 0 Å². The summed E-state index contributed by atoms with van der Waals surface area (Å²) in [4.78, 5) is 8.84. The highest BCUT2D eigenvalue weighted by atomic mass is 127. The lowest BCUT2D eigenvalue weighted by Crippen LogP contribution is -1.95. The largest absolute Gasteiger partial charge is 0.361 e. The van der Waals surface area contributed by atoms with Crippen molar-refractivity contribution >= 4 is 26.3 Å². The molecule has 0 fully saturated rings. The van der Waals surface area contributed by atoms with E-state index >= 15 is 0 Å². The zero-order valence-electron chi connectivity index (χ0n) is 9.49. The summed E-state index contributed by atoms with van der Waals surface area (Å²) in [5, 5.41) is 3.97. The Balaban J connectivity index is 2.13. The van der Waals surface area contributed by atoms with Crippen LogP contribution in [0.5, 0.6) is 0 Å². The first-order valence-electron chi connectivity index (χ1n) is 5.29. The summed E-state index contributed by atoms with van der Waals surface area (Å²) in [5.41, 5.74) is 5.18. The van der Waals surface area contributed by atoms with Crippen molar-refractivity contribution in [2.75, 3.05) is 0 Å². The van der Waals surface area contributed by atoms with Crippen LogP contribution in [0.2, 0.25) is 0 Å². The summed E-state index contributed by atoms with van der Waals surface area (Å²) in [5.74, 6) is 0.831. The second kappa shape index (κ2) is 3.90. The molecule has 3 rings (SSSR count). The molecule has 0 saturated carbocycles. The first kappa shape index (κ1) is 10.9. The van der Waals surface area contributed by atoms with Gasteiger partial charge in [0.1, 0.15) is 9.48 Å². The van der Waals surface area contributed by atoms with Crippen LogP contribution in [0.1, 0.15) is 22.7 Å². The average Bonchev–Trinajstić information content (AvgIpc) is 2.83. The Morgan fingerprint density at radius 2 is 2.18 bits per heavy atom. The van der Waals surface area contributed by atoms with Gasteiger partial charge in [0.2, 0.25) is 0 Å². The molecular formula is C12H10IN3O. The zero-order chi connectivity index (χ0) is 12.0. The summed E-state index contributed by atoms with van der Waals surface area (Å²) < 4.78 is 6.17. The fourth-order valence-electron chi connectivity index (χ4n) is 2.08. The van der Waals surface area contributed by atoms with Gasteiger partial charge in [0.05, 0.1) is 17.9 Å². The lowest BCUT2D eigenvalue weighted by molar-refractivity contribution is 0.393. The highest BCUT2D eigenvalue weighted by molar-refractivity contribution is 14.1. The van der Waals surface area contributed by atoms with Crippen molar-refractivity contribution in [2.45, 2.75) is 20.4 Å². The minimum atomic E-state index is 0.720. The summed E-state index contributed by atoms with van der Waals surface area (Å²) in [7, 11) is 0. The third-order valence-electron chi connectivity index (χ3n) is 2.87. The Bertz CT molecular complexity index is 611. The summed E-state index contributed by atoms with van der Waals surface area (Å²) in [6.45, 7) is 4.58. The summed E-state index contributed by atoms with van der Waals surface area (Å²) in [6, 6.07) is 2.13. The third kappa shape index (κ3) is 1.69. The molecule has 2 aromatic rings. The van der Waals surface area contributed by atoms with Crippen LogP contribution in [-0.4, -0.2) is 13.9 Å². The molecule has 0 saturated heterocycles. The van der Waals surface area contributed by atoms with E-state index < -0.39 is 0 Å². The van der Waals surface area contributed by atoms with Crippen LogP contribution in [0.15, 0.2) is 21.8 Å². The lowest BCUT2D eigenvalue weighted by atomic mass is 10.0. The maximum atomic E-state index is 5.18. The first-order chi connectivity index (χ1) is 8.16. The molecule has 1 aliphatic rings. The van der Waals surface area contributed by atoms with Crippen molar-refractivity contribution in [2.24, 2.45) is 4.99 Å². The predicted molar refractivity (Wildman–Crippen MR) is 73.5 cm³/mol. The Morgan fingerprint density at radius 3 is 2.88 bits per heavy atom. The molecule has 1 aliphatic heterocycles. The number of rotatable bonds is 1. The number of nitrogens with zero attached hydrogens (tertiary/aromatic N) is 3. The lowest BCUT2D eigenvalue weighted by Gasteiger charge is -2.03. The molecule has 86 valence electrons. The van der Waals surface area contributed by atoms with Crippen molar-refractivity contribution in [3.05, 3.63) is 35.0 Å². The van der Waals surface area contributed by atoms with Crippen LogP contribution in [-0.2, 0) is 6.54 Å². The van der Waals surface area contributed by atoms with E-state index in [9.17, 15) is 0 Å². The van der Waals surface area contributed by atoms with Gasteiger partial charge in [-0.1, -0.05) is 5.16 Å². The number of aliphatic imine (C=N–C) groups is 1. The molecule has 0 aromatic carbocycles. The van der Waals surface area contributed by atoms with Gasteiger partial charge in [0.15, 0.2) is 0 Å². The van der Waals surface area contributed by atoms with E-state index in [1.165, 1.54) is 5.56 Å². The van der Waals surface area contributed by atoms with Crippen LogP contribution in [0.4, 0.5) is 0 Å². The van der Waals surface area contributed by atoms with Crippen molar-refractivity contribution in [3.63, 3.8) is 0 Å². The van der Waals surface area contributed by atoms with Crippen LogP contribution in [0.3, 0.4) is 0 Å². The minimum absolute atomic E-state index is 0.720. The van der Waals surface area contributed by atoms with Gasteiger partial charge in [0, 0.05) is 22.9 Å². The standard InChI is InChI=1S/C12H10IN3O/c1-6-10(7(2)17-16-6)8-3-9-5-15-12(13)11(9)14-4-8/h3-4H,5H2,1-2H3. The molecule has 2 aromatic heterocycles. The number of aromatic nitrogens is 2. The topological polar surface area (TPSA) is 51.3 Å². The van der Waals surface area contributed by atoms with Crippen molar-refractivity contribution in [3.8, 4) is 11.1 Å². The quantitative estimate of drug-likeness (QED) is 0.751. The molecule has 0 N–H and O–H groups in total. The fourth-order valence-corrected chi connectivity index (χ4v) is 2.73. The molecule has 17 heavy (non-hydrogen) atoms. The van der Waals surface area contributed by atoms with Gasteiger partial charge < -0.3 is 4.52 Å². The van der Waals surface area contributed by atoms with E-state index in [0.29, 0.717) is 0 Å². The van der Waals surface area contributed by atoms with E-state index in [4.69, 9.17) is 4.52 Å². The minimum Gasteiger partial charge on any atom is -0.361 e. The first-order valence-corrected chi connectivity index (χ1v) is 6.37. The SMILES string of the molecule is Cc1noc(C)c1-c1cnc2c(c1)CN=C2I. The molecule has 3 heterocycles. The number of hydrogen-bond acceptors (Lipinski definition) is 4. The average molecular weight is 339 g/mol. The Hall–Kier alpha value is -1.24. The van der Waals surface area contributed by atoms with E-state index in [1.807, 2.05) is 20.0 Å². The molecule has 0 aliphatic carbocycles. The van der Waals surface area contributed by atoms with Gasteiger partial charge in [-0.25, -0.2) is 0 Å². The number of hydrogen-bond donors (Lipinski definition) is 0. The van der Waals surface area contributed by atoms with Crippen molar-refractivity contribution < 1.29 is 4.52 Å². The van der Waals surface area contributed by atoms with E-state index in [-0.39, 0.29) is 0 Å². The second-order valence-corrected chi connectivity index (χ2v) is 5.06. The van der Waals surface area contributed by atoms with E-state index in [0.717, 1.165) is 38.5 Å². The Labute approximate surface area is 112 Å². The van der Waals surface area contributed by atoms with Crippen LogP contribution in [0.25, 0.3) is 11.1 Å². The van der Waals surface area contributed by atoms with Crippen LogP contribution in [0, 0.1) is 13.8 Å². The van der Waals surface area contributed by atoms with Crippen molar-refractivity contribution in [1.82, 2.24) is 10.1 Å². The van der Waals surface area contributed by atoms with Gasteiger partial charge in [0.25, 0.3) is 0 Å². The molecular weight excluding hydrogens is 329 g/mol. The molecule has 0 amide bonds. The monoisotopic (exact) mass is 339 g/mol. The van der Waals surface area contributed by atoms with Gasteiger partial charge in [-0.2, -0.15) is 0 Å². The predicted octanol–water partition coefficient (Wildman–Crippen LogP) is 3.05.